The molecule has 5 nitrogen and oxygen atoms in total. The second-order valence-electron chi connectivity index (χ2n) is 14.4. The molecule has 0 aliphatic rings. The lowest BCUT2D eigenvalue weighted by Crippen LogP contribution is -2.50. The quantitative estimate of drug-likeness (QED) is 0.0974. The van der Waals surface area contributed by atoms with E-state index in [0.717, 1.165) is 22.7 Å². The fourth-order valence-corrected chi connectivity index (χ4v) is 6.75. The molecular weight excluding hydrogens is 571 g/mol. The molecule has 0 aliphatic carbocycles. The van der Waals surface area contributed by atoms with Gasteiger partial charge >= 0.3 is 5.97 Å². The van der Waals surface area contributed by atoms with E-state index in [4.69, 9.17) is 9.16 Å². The van der Waals surface area contributed by atoms with Gasteiger partial charge in [-0.05, 0) is 68.8 Å². The van der Waals surface area contributed by atoms with Crippen molar-refractivity contribution in [2.24, 2.45) is 23.2 Å². The van der Waals surface area contributed by atoms with Gasteiger partial charge in [0.2, 0.25) is 0 Å². The highest BCUT2D eigenvalue weighted by molar-refractivity contribution is 7.09. The Hall–Kier alpha value is -2.09. The van der Waals surface area contributed by atoms with Gasteiger partial charge in [0.25, 0.3) is 0 Å². The Morgan fingerprint density at radius 3 is 2.19 bits per heavy atom. The van der Waals surface area contributed by atoms with Crippen LogP contribution in [0.5, 0.6) is 0 Å². The van der Waals surface area contributed by atoms with E-state index in [2.05, 4.69) is 71.9 Å². The lowest BCUT2D eigenvalue weighted by molar-refractivity contribution is -0.150. The number of allylic oxidation sites excluding steroid dienone is 2. The highest BCUT2D eigenvalue weighted by atomic mass is 32.1. The number of esters is 1. The molecule has 0 aromatic carbocycles. The topological polar surface area (TPSA) is 65.5 Å². The number of aryl methyl sites for hydroxylation is 1. The molecule has 0 amide bonds. The Morgan fingerprint density at radius 2 is 1.70 bits per heavy atom. The first-order valence-corrected chi connectivity index (χ1v) is 19.4. The van der Waals surface area contributed by atoms with Crippen LogP contribution in [0.4, 0.5) is 0 Å². The summed E-state index contributed by atoms with van der Waals surface area (Å²) in [6.45, 7) is 34.8. The van der Waals surface area contributed by atoms with E-state index in [1.807, 2.05) is 65.2 Å². The highest BCUT2D eigenvalue weighted by Crippen LogP contribution is 2.41. The molecule has 0 bridgehead atoms. The van der Waals surface area contributed by atoms with Crippen molar-refractivity contribution in [3.05, 3.63) is 58.6 Å². The summed E-state index contributed by atoms with van der Waals surface area (Å²) >= 11 is 1.59. The van der Waals surface area contributed by atoms with Gasteiger partial charge in [-0.3, -0.25) is 9.59 Å². The Kier molecular flexibility index (Phi) is 14.7. The van der Waals surface area contributed by atoms with Gasteiger partial charge in [0.1, 0.15) is 11.9 Å². The molecule has 242 valence electrons. The van der Waals surface area contributed by atoms with Crippen LogP contribution < -0.4 is 0 Å². The summed E-state index contributed by atoms with van der Waals surface area (Å²) in [6.07, 6.45) is 8.63. The first-order valence-electron chi connectivity index (χ1n) is 15.6. The van der Waals surface area contributed by atoms with Crippen molar-refractivity contribution in [1.82, 2.24) is 4.98 Å². The number of hydrogen-bond donors (Lipinski definition) is 0. The number of Topliss-reactive ketones (excluding diaryl/α,β-unsaturated/α-hetero) is 1. The Bertz CT molecular complexity index is 1170. The molecular formula is C36H59NO4SSi. The van der Waals surface area contributed by atoms with Crippen molar-refractivity contribution in [2.75, 3.05) is 0 Å². The van der Waals surface area contributed by atoms with Gasteiger partial charge in [-0.1, -0.05) is 79.2 Å². The van der Waals surface area contributed by atoms with E-state index in [9.17, 15) is 9.59 Å². The maximum Gasteiger partial charge on any atom is 0.306 e. The molecule has 0 fully saturated rings. The third kappa shape index (κ3) is 11.4. The van der Waals surface area contributed by atoms with E-state index in [0.29, 0.717) is 6.42 Å². The average molecular weight is 630 g/mol. The fourth-order valence-electron chi connectivity index (χ4n) is 4.73. The zero-order chi connectivity index (χ0) is 33.3. The van der Waals surface area contributed by atoms with Crippen molar-refractivity contribution in [1.29, 1.82) is 0 Å². The van der Waals surface area contributed by atoms with Crippen LogP contribution in [-0.4, -0.2) is 37.3 Å². The number of nitrogens with zero attached hydrogens (tertiary/aromatic N) is 1. The molecule has 5 atom stereocenters. The summed E-state index contributed by atoms with van der Waals surface area (Å²) in [7, 11) is -2.14. The standard InChI is InChI=1S/C36H59NO4SSi/c1-16-18-24(3)19-20-31(26(5)21-30-23-42-29(8)37-30)40-32(38)22-27(6)36(12,13)34(39)28(7)33(25(4)17-2)41-43(14,15)35(9,10)11/h16-17,19,21,23,25,27-28,31,33H,1-2,18,20,22H2,3-15H3/b24-19-,26-21+/t25-,27-,28+,31?,33-/m0/s1. The molecule has 0 saturated heterocycles. The summed E-state index contributed by atoms with van der Waals surface area (Å²) in [6, 6.07) is 0. The molecule has 0 spiro atoms. The van der Waals surface area contributed by atoms with Crippen LogP contribution in [0.15, 0.2) is 47.9 Å². The number of thiazole rings is 1. The molecule has 1 aromatic rings. The first kappa shape index (κ1) is 38.9. The van der Waals surface area contributed by atoms with Gasteiger partial charge in [-0.15, -0.1) is 24.5 Å². The fraction of sp³-hybridized carbons (Fsp3) is 0.639. The van der Waals surface area contributed by atoms with Gasteiger partial charge in [0.05, 0.1) is 16.8 Å². The van der Waals surface area contributed by atoms with E-state index in [-0.39, 0.29) is 47.1 Å². The summed E-state index contributed by atoms with van der Waals surface area (Å²) in [5.74, 6) is -0.783. The van der Waals surface area contributed by atoms with Gasteiger partial charge in [0.15, 0.2) is 8.32 Å². The maximum absolute atomic E-state index is 14.1. The molecule has 1 heterocycles. The lowest BCUT2D eigenvalue weighted by Gasteiger charge is -2.43. The molecule has 0 radical (unpaired) electrons. The predicted octanol–water partition coefficient (Wildman–Crippen LogP) is 10.1. The van der Waals surface area contributed by atoms with E-state index in [1.54, 1.807) is 11.3 Å². The Labute approximate surface area is 268 Å². The Balaban J connectivity index is 3.16. The minimum Gasteiger partial charge on any atom is -0.457 e. The maximum atomic E-state index is 14.1. The van der Waals surface area contributed by atoms with Gasteiger partial charge in [0, 0.05) is 29.6 Å². The van der Waals surface area contributed by atoms with Crippen molar-refractivity contribution < 1.29 is 18.8 Å². The Morgan fingerprint density at radius 1 is 1.09 bits per heavy atom. The number of carbonyl (C=O) groups is 2. The molecule has 0 saturated carbocycles. The van der Waals surface area contributed by atoms with Crippen molar-refractivity contribution in [2.45, 2.75) is 126 Å². The zero-order valence-electron chi connectivity index (χ0n) is 29.3. The van der Waals surface area contributed by atoms with Crippen molar-refractivity contribution >= 4 is 37.5 Å². The molecule has 1 rings (SSSR count). The molecule has 43 heavy (non-hydrogen) atoms. The second-order valence-corrected chi connectivity index (χ2v) is 20.2. The lowest BCUT2D eigenvalue weighted by atomic mass is 9.69. The van der Waals surface area contributed by atoms with Gasteiger partial charge < -0.3 is 9.16 Å². The monoisotopic (exact) mass is 629 g/mol. The SMILES string of the molecule is C=CC/C(C)=C\CC(OC(=O)C[C@H](C)C(C)(C)C(=O)[C@H](C)[C@@H](O[Si](C)(C)C(C)(C)C)[C@@H](C)C=C)/C(C)=C/c1csc(C)n1. The average Bonchev–Trinajstić information content (AvgIpc) is 3.31. The van der Waals surface area contributed by atoms with E-state index < -0.39 is 19.8 Å². The summed E-state index contributed by atoms with van der Waals surface area (Å²) in [5, 5.41) is 3.01. The second kappa shape index (κ2) is 16.3. The van der Waals surface area contributed by atoms with Gasteiger partial charge in [-0.25, -0.2) is 4.98 Å². The van der Waals surface area contributed by atoms with Crippen LogP contribution in [0.25, 0.3) is 6.08 Å². The predicted molar refractivity (Wildman–Crippen MR) is 187 cm³/mol. The summed E-state index contributed by atoms with van der Waals surface area (Å²) in [4.78, 5) is 32.0. The third-order valence-corrected chi connectivity index (χ3v) is 14.6. The largest absolute Gasteiger partial charge is 0.457 e. The smallest absolute Gasteiger partial charge is 0.306 e. The minimum absolute atomic E-state index is 0.0128. The van der Waals surface area contributed by atoms with Crippen LogP contribution in [0, 0.1) is 30.1 Å². The molecule has 0 N–H and O–H groups in total. The molecule has 0 aliphatic heterocycles. The summed E-state index contributed by atoms with van der Waals surface area (Å²) < 4.78 is 12.9. The van der Waals surface area contributed by atoms with Crippen molar-refractivity contribution in [3.63, 3.8) is 0 Å². The van der Waals surface area contributed by atoms with E-state index in [1.165, 1.54) is 5.57 Å². The van der Waals surface area contributed by atoms with Crippen LogP contribution in [0.2, 0.25) is 18.1 Å². The number of ether oxygens (including phenoxy) is 1. The number of ketones is 1. The number of carbonyl (C=O) groups excluding carboxylic acids is 2. The number of aromatic nitrogens is 1. The summed E-state index contributed by atoms with van der Waals surface area (Å²) in [5.41, 5.74) is 2.21. The van der Waals surface area contributed by atoms with Crippen LogP contribution in [-0.2, 0) is 18.8 Å². The molecule has 7 heteroatoms. The van der Waals surface area contributed by atoms with Gasteiger partial charge in [-0.2, -0.15) is 0 Å². The van der Waals surface area contributed by atoms with E-state index >= 15 is 0 Å². The first-order chi connectivity index (χ1) is 19.7. The number of hydrogen-bond acceptors (Lipinski definition) is 6. The molecule has 1 unspecified atom stereocenters. The van der Waals surface area contributed by atoms with Crippen LogP contribution >= 0.6 is 11.3 Å². The minimum atomic E-state index is -2.14. The van der Waals surface area contributed by atoms with Crippen molar-refractivity contribution in [3.8, 4) is 0 Å². The van der Waals surface area contributed by atoms with Crippen LogP contribution in [0.1, 0.15) is 99.2 Å². The third-order valence-electron chi connectivity index (χ3n) is 9.31. The highest BCUT2D eigenvalue weighted by Gasteiger charge is 2.45. The number of rotatable bonds is 17. The normalized spacial score (nSPS) is 17.0. The molecule has 1 aromatic heterocycles. The van der Waals surface area contributed by atoms with Crippen LogP contribution in [0.3, 0.4) is 0 Å². The zero-order valence-corrected chi connectivity index (χ0v) is 31.1.